The number of nitrogens with two attached hydrogens (primary N) is 1. The normalized spacial score (nSPS) is 17.3. The average Bonchev–Trinajstić information content (AvgIpc) is 2.85. The molecule has 0 aromatic heterocycles. The van der Waals surface area contributed by atoms with E-state index in [2.05, 4.69) is 0 Å². The number of benzene rings is 1. The molecular weight excluding hydrogens is 240 g/mol. The van der Waals surface area contributed by atoms with Gasteiger partial charge in [-0.05, 0) is 18.9 Å². The second-order valence-corrected chi connectivity index (χ2v) is 5.48. The van der Waals surface area contributed by atoms with Crippen LogP contribution in [0.2, 0.25) is 0 Å². The Balaban J connectivity index is 2.54. The lowest BCUT2D eigenvalue weighted by Crippen LogP contribution is -2.33. The molecule has 0 bridgehead atoms. The first-order valence-electron chi connectivity index (χ1n) is 6.74. The molecule has 2 rings (SSSR count). The van der Waals surface area contributed by atoms with Crippen LogP contribution in [0.5, 0.6) is 11.5 Å². The molecule has 0 atom stereocenters. The summed E-state index contributed by atoms with van der Waals surface area (Å²) in [6.45, 7) is 0. The van der Waals surface area contributed by atoms with E-state index in [4.69, 9.17) is 15.2 Å². The van der Waals surface area contributed by atoms with Crippen LogP contribution in [0.25, 0.3) is 0 Å². The van der Waals surface area contributed by atoms with Crippen molar-refractivity contribution in [1.29, 1.82) is 0 Å². The van der Waals surface area contributed by atoms with Crippen molar-refractivity contribution in [2.75, 3.05) is 33.2 Å². The first-order valence-corrected chi connectivity index (χ1v) is 6.74. The fraction of sp³-hybridized carbons (Fsp3) is 0.600. The van der Waals surface area contributed by atoms with Gasteiger partial charge in [-0.3, -0.25) is 0 Å². The fourth-order valence-electron chi connectivity index (χ4n) is 2.90. The minimum atomic E-state index is -0.274. The molecule has 0 radical (unpaired) electrons. The van der Waals surface area contributed by atoms with Gasteiger partial charge in [0.25, 0.3) is 0 Å². The smallest absolute Gasteiger partial charge is 0.142 e. The number of hydrogen-bond acceptors (Lipinski definition) is 4. The third kappa shape index (κ3) is 2.50. The lowest BCUT2D eigenvalue weighted by atomic mass is 9.88. The first kappa shape index (κ1) is 14.0. The quantitative estimate of drug-likeness (QED) is 0.907. The van der Waals surface area contributed by atoms with Gasteiger partial charge in [0, 0.05) is 31.3 Å². The molecule has 19 heavy (non-hydrogen) atoms. The first-order chi connectivity index (χ1) is 9.01. The number of nitrogens with zero attached hydrogens (tertiary/aromatic N) is 1. The molecule has 0 spiro atoms. The lowest BCUT2D eigenvalue weighted by molar-refractivity contribution is 0.372. The molecule has 1 saturated carbocycles. The Morgan fingerprint density at radius 1 is 1.05 bits per heavy atom. The Labute approximate surface area is 115 Å². The minimum Gasteiger partial charge on any atom is -0.496 e. The van der Waals surface area contributed by atoms with Gasteiger partial charge in [-0.2, -0.15) is 0 Å². The topological polar surface area (TPSA) is 47.7 Å². The van der Waals surface area contributed by atoms with Gasteiger partial charge in [0.2, 0.25) is 0 Å². The van der Waals surface area contributed by atoms with E-state index in [1.807, 2.05) is 31.1 Å². The molecule has 106 valence electrons. The molecule has 0 aliphatic heterocycles. The molecule has 0 heterocycles. The lowest BCUT2D eigenvalue weighted by Gasteiger charge is -2.28. The molecule has 1 aromatic carbocycles. The molecule has 1 fully saturated rings. The Morgan fingerprint density at radius 3 is 2.11 bits per heavy atom. The summed E-state index contributed by atoms with van der Waals surface area (Å²) in [7, 11) is 7.37. The standard InChI is InChI=1S/C15H24N2O2/c1-17(2)12-10-13(18-3)11(9-14(12)19-4)15(16)7-5-6-8-15/h9-10H,5-8,16H2,1-4H3. The van der Waals surface area contributed by atoms with Gasteiger partial charge in [-0.25, -0.2) is 0 Å². The number of ether oxygens (including phenoxy) is 2. The Bertz CT molecular complexity index is 452. The highest BCUT2D eigenvalue weighted by atomic mass is 16.5. The summed E-state index contributed by atoms with van der Waals surface area (Å²) in [5.74, 6) is 1.70. The second kappa shape index (κ2) is 5.29. The third-order valence-corrected chi connectivity index (χ3v) is 4.01. The summed E-state index contributed by atoms with van der Waals surface area (Å²) in [5, 5.41) is 0. The van der Waals surface area contributed by atoms with Gasteiger partial charge in [0.05, 0.1) is 19.9 Å². The highest BCUT2D eigenvalue weighted by Crippen LogP contribution is 2.44. The summed E-state index contributed by atoms with van der Waals surface area (Å²) >= 11 is 0. The number of rotatable bonds is 4. The van der Waals surface area contributed by atoms with Gasteiger partial charge in [0.15, 0.2) is 0 Å². The summed E-state index contributed by atoms with van der Waals surface area (Å²) in [5.41, 5.74) is 8.35. The van der Waals surface area contributed by atoms with E-state index in [0.717, 1.165) is 35.6 Å². The number of hydrogen-bond donors (Lipinski definition) is 1. The number of methoxy groups -OCH3 is 2. The van der Waals surface area contributed by atoms with Crippen molar-refractivity contribution in [1.82, 2.24) is 0 Å². The van der Waals surface area contributed by atoms with Crippen molar-refractivity contribution in [2.45, 2.75) is 31.2 Å². The van der Waals surface area contributed by atoms with Crippen LogP contribution < -0.4 is 20.1 Å². The SMILES string of the molecule is COc1cc(C2(N)CCCC2)c(OC)cc1N(C)C. The van der Waals surface area contributed by atoms with Crippen LogP contribution in [0.15, 0.2) is 12.1 Å². The minimum absolute atomic E-state index is 0.274. The van der Waals surface area contributed by atoms with Gasteiger partial charge in [-0.15, -0.1) is 0 Å². The average molecular weight is 264 g/mol. The van der Waals surface area contributed by atoms with Crippen molar-refractivity contribution in [2.24, 2.45) is 5.73 Å². The maximum atomic E-state index is 6.56. The summed E-state index contributed by atoms with van der Waals surface area (Å²) in [6.07, 6.45) is 4.37. The van der Waals surface area contributed by atoms with Crippen molar-refractivity contribution in [3.8, 4) is 11.5 Å². The van der Waals surface area contributed by atoms with E-state index >= 15 is 0 Å². The third-order valence-electron chi connectivity index (χ3n) is 4.01. The zero-order valence-corrected chi connectivity index (χ0v) is 12.3. The maximum absolute atomic E-state index is 6.56. The fourth-order valence-corrected chi connectivity index (χ4v) is 2.90. The molecule has 0 amide bonds. The van der Waals surface area contributed by atoms with Crippen molar-refractivity contribution in [3.05, 3.63) is 17.7 Å². The van der Waals surface area contributed by atoms with Gasteiger partial charge >= 0.3 is 0 Å². The van der Waals surface area contributed by atoms with Gasteiger partial charge in [-0.1, -0.05) is 12.8 Å². The molecule has 4 nitrogen and oxygen atoms in total. The zero-order valence-electron chi connectivity index (χ0n) is 12.3. The van der Waals surface area contributed by atoms with Crippen LogP contribution in [0.4, 0.5) is 5.69 Å². The monoisotopic (exact) mass is 264 g/mol. The molecule has 1 aromatic rings. The zero-order chi connectivity index (χ0) is 14.0. The van der Waals surface area contributed by atoms with E-state index in [0.29, 0.717) is 0 Å². The highest BCUT2D eigenvalue weighted by Gasteiger charge is 2.34. The molecule has 4 heteroatoms. The van der Waals surface area contributed by atoms with Crippen LogP contribution >= 0.6 is 0 Å². The van der Waals surface area contributed by atoms with Crippen LogP contribution in [0.3, 0.4) is 0 Å². The molecule has 1 aliphatic rings. The van der Waals surface area contributed by atoms with Crippen molar-refractivity contribution in [3.63, 3.8) is 0 Å². The van der Waals surface area contributed by atoms with Gasteiger partial charge < -0.3 is 20.1 Å². The Hall–Kier alpha value is -1.42. The second-order valence-electron chi connectivity index (χ2n) is 5.48. The highest BCUT2D eigenvalue weighted by molar-refractivity contribution is 5.64. The summed E-state index contributed by atoms with van der Waals surface area (Å²) in [6, 6.07) is 4.06. The molecular formula is C15H24N2O2. The number of anilines is 1. The van der Waals surface area contributed by atoms with Crippen LogP contribution in [-0.4, -0.2) is 28.3 Å². The van der Waals surface area contributed by atoms with Crippen LogP contribution in [-0.2, 0) is 5.54 Å². The van der Waals surface area contributed by atoms with Crippen molar-refractivity contribution < 1.29 is 9.47 Å². The molecule has 1 aliphatic carbocycles. The summed E-state index contributed by atoms with van der Waals surface area (Å²) < 4.78 is 11.0. The largest absolute Gasteiger partial charge is 0.496 e. The van der Waals surface area contributed by atoms with E-state index < -0.39 is 0 Å². The van der Waals surface area contributed by atoms with Crippen molar-refractivity contribution >= 4 is 5.69 Å². The van der Waals surface area contributed by atoms with E-state index in [1.54, 1.807) is 14.2 Å². The maximum Gasteiger partial charge on any atom is 0.142 e. The van der Waals surface area contributed by atoms with E-state index in [9.17, 15) is 0 Å². The predicted octanol–water partition coefficient (Wildman–Crippen LogP) is 2.50. The Kier molecular flexibility index (Phi) is 3.90. The Morgan fingerprint density at radius 2 is 1.63 bits per heavy atom. The van der Waals surface area contributed by atoms with E-state index in [1.165, 1.54) is 12.8 Å². The van der Waals surface area contributed by atoms with E-state index in [-0.39, 0.29) is 5.54 Å². The van der Waals surface area contributed by atoms with Gasteiger partial charge in [0.1, 0.15) is 11.5 Å². The molecule has 2 N–H and O–H groups in total. The van der Waals surface area contributed by atoms with Crippen LogP contribution in [0.1, 0.15) is 31.2 Å². The summed E-state index contributed by atoms with van der Waals surface area (Å²) in [4.78, 5) is 2.02. The predicted molar refractivity (Wildman–Crippen MR) is 78.2 cm³/mol. The molecule has 0 unspecified atom stereocenters. The molecule has 0 saturated heterocycles. The van der Waals surface area contributed by atoms with Crippen LogP contribution in [0, 0.1) is 0 Å².